The maximum absolute atomic E-state index is 13.4. The largest absolute Gasteiger partial charge is 0.495 e. The molecule has 9 heteroatoms. The standard InChI is InChI=1S/C16H16BrFN2O4S/c1-10(16(21)19-13-5-3-4-11(17)8-13)20-25(22,23)15-9-12(18)6-7-14(15)24-2/h3-10,20H,1-2H3,(H,19,21). The highest BCUT2D eigenvalue weighted by molar-refractivity contribution is 9.10. The number of carbonyl (C=O) groups excluding carboxylic acids is 1. The van der Waals surface area contributed by atoms with E-state index in [1.54, 1.807) is 24.3 Å². The quantitative estimate of drug-likeness (QED) is 0.737. The molecule has 134 valence electrons. The molecule has 25 heavy (non-hydrogen) atoms. The average Bonchev–Trinajstić information content (AvgIpc) is 2.54. The molecular formula is C16H16BrFN2O4S. The van der Waals surface area contributed by atoms with Crippen LogP contribution in [0, 0.1) is 5.82 Å². The van der Waals surface area contributed by atoms with Gasteiger partial charge in [0.2, 0.25) is 15.9 Å². The molecule has 0 bridgehead atoms. The lowest BCUT2D eigenvalue weighted by molar-refractivity contribution is -0.117. The average molecular weight is 431 g/mol. The van der Waals surface area contributed by atoms with E-state index in [0.717, 1.165) is 16.6 Å². The second kappa shape index (κ2) is 7.94. The van der Waals surface area contributed by atoms with Gasteiger partial charge >= 0.3 is 0 Å². The normalized spacial score (nSPS) is 12.5. The molecule has 2 N–H and O–H groups in total. The van der Waals surface area contributed by atoms with Crippen molar-refractivity contribution in [3.63, 3.8) is 0 Å². The Kier molecular flexibility index (Phi) is 6.15. The maximum atomic E-state index is 13.4. The van der Waals surface area contributed by atoms with Crippen LogP contribution in [0.15, 0.2) is 51.8 Å². The van der Waals surface area contributed by atoms with Gasteiger partial charge in [-0.2, -0.15) is 4.72 Å². The predicted octanol–water partition coefficient (Wildman–Crippen LogP) is 2.90. The van der Waals surface area contributed by atoms with Gasteiger partial charge in [0.25, 0.3) is 0 Å². The Morgan fingerprint density at radius 2 is 1.96 bits per heavy atom. The first-order valence-electron chi connectivity index (χ1n) is 7.15. The summed E-state index contributed by atoms with van der Waals surface area (Å²) < 4.78 is 46.2. The van der Waals surface area contributed by atoms with Crippen LogP contribution in [0.3, 0.4) is 0 Å². The fraction of sp³-hybridized carbons (Fsp3) is 0.188. The molecule has 2 aromatic carbocycles. The Hall–Kier alpha value is -1.97. The summed E-state index contributed by atoms with van der Waals surface area (Å²) in [5.41, 5.74) is 0.508. The third-order valence-electron chi connectivity index (χ3n) is 3.23. The summed E-state index contributed by atoms with van der Waals surface area (Å²) >= 11 is 3.28. The van der Waals surface area contributed by atoms with Crippen molar-refractivity contribution in [1.82, 2.24) is 4.72 Å². The summed E-state index contributed by atoms with van der Waals surface area (Å²) in [6.45, 7) is 1.39. The molecule has 1 unspecified atom stereocenters. The minimum Gasteiger partial charge on any atom is -0.495 e. The van der Waals surface area contributed by atoms with Gasteiger partial charge in [0, 0.05) is 10.2 Å². The monoisotopic (exact) mass is 430 g/mol. The summed E-state index contributed by atoms with van der Waals surface area (Å²) in [6, 6.07) is 8.90. The van der Waals surface area contributed by atoms with Gasteiger partial charge in [0.15, 0.2) is 0 Å². The fourth-order valence-electron chi connectivity index (χ4n) is 2.03. The summed E-state index contributed by atoms with van der Waals surface area (Å²) in [6.07, 6.45) is 0. The van der Waals surface area contributed by atoms with E-state index in [4.69, 9.17) is 4.74 Å². The lowest BCUT2D eigenvalue weighted by Crippen LogP contribution is -2.41. The number of carbonyl (C=O) groups is 1. The number of nitrogens with one attached hydrogen (secondary N) is 2. The molecule has 1 amide bonds. The van der Waals surface area contributed by atoms with E-state index in [-0.39, 0.29) is 10.6 Å². The van der Waals surface area contributed by atoms with Gasteiger partial charge in [0.05, 0.1) is 13.2 Å². The van der Waals surface area contributed by atoms with Crippen molar-refractivity contribution in [3.05, 3.63) is 52.8 Å². The minimum absolute atomic E-state index is 0.0199. The molecule has 2 rings (SSSR count). The van der Waals surface area contributed by atoms with Crippen LogP contribution >= 0.6 is 15.9 Å². The molecule has 6 nitrogen and oxygen atoms in total. The number of rotatable bonds is 6. The molecule has 2 aromatic rings. The molecule has 0 aliphatic rings. The lowest BCUT2D eigenvalue weighted by Gasteiger charge is -2.16. The number of anilines is 1. The molecule has 0 fully saturated rings. The topological polar surface area (TPSA) is 84.5 Å². The number of methoxy groups -OCH3 is 1. The lowest BCUT2D eigenvalue weighted by atomic mass is 10.3. The molecular weight excluding hydrogens is 415 g/mol. The van der Waals surface area contributed by atoms with Gasteiger partial charge in [-0.15, -0.1) is 0 Å². The SMILES string of the molecule is COc1ccc(F)cc1S(=O)(=O)NC(C)C(=O)Nc1cccc(Br)c1. The first kappa shape index (κ1) is 19.4. The zero-order valence-electron chi connectivity index (χ0n) is 13.4. The van der Waals surface area contributed by atoms with Crippen LogP contribution in [-0.4, -0.2) is 27.5 Å². The van der Waals surface area contributed by atoms with Gasteiger partial charge in [-0.05, 0) is 43.3 Å². The summed E-state index contributed by atoms with van der Waals surface area (Å²) in [5.74, 6) is -1.31. The van der Waals surface area contributed by atoms with Gasteiger partial charge in [-0.1, -0.05) is 22.0 Å². The Morgan fingerprint density at radius 1 is 1.24 bits per heavy atom. The van der Waals surface area contributed by atoms with Crippen molar-refractivity contribution in [1.29, 1.82) is 0 Å². The molecule has 0 heterocycles. The molecule has 0 aliphatic carbocycles. The van der Waals surface area contributed by atoms with E-state index in [2.05, 4.69) is 26.0 Å². The van der Waals surface area contributed by atoms with Crippen LogP contribution < -0.4 is 14.8 Å². The van der Waals surface area contributed by atoms with E-state index in [1.807, 2.05) is 0 Å². The number of amides is 1. The van der Waals surface area contributed by atoms with Gasteiger partial charge < -0.3 is 10.1 Å². The third-order valence-corrected chi connectivity index (χ3v) is 5.29. The molecule has 0 saturated heterocycles. The molecule has 0 spiro atoms. The zero-order chi connectivity index (χ0) is 18.6. The predicted molar refractivity (Wildman–Crippen MR) is 95.5 cm³/mol. The number of benzene rings is 2. The Labute approximate surface area is 153 Å². The molecule has 0 aliphatic heterocycles. The van der Waals surface area contributed by atoms with E-state index in [0.29, 0.717) is 5.69 Å². The van der Waals surface area contributed by atoms with Crippen molar-refractivity contribution in [2.45, 2.75) is 17.9 Å². The highest BCUT2D eigenvalue weighted by Crippen LogP contribution is 2.24. The smallest absolute Gasteiger partial charge is 0.245 e. The highest BCUT2D eigenvalue weighted by atomic mass is 79.9. The number of halogens is 2. The molecule has 0 aromatic heterocycles. The second-order valence-corrected chi connectivity index (χ2v) is 7.74. The number of hydrogen-bond donors (Lipinski definition) is 2. The fourth-order valence-corrected chi connectivity index (χ4v) is 3.81. The third kappa shape index (κ3) is 5.00. The van der Waals surface area contributed by atoms with Crippen molar-refractivity contribution in [2.24, 2.45) is 0 Å². The Morgan fingerprint density at radius 3 is 2.60 bits per heavy atom. The summed E-state index contributed by atoms with van der Waals surface area (Å²) in [7, 11) is -2.88. The van der Waals surface area contributed by atoms with E-state index in [9.17, 15) is 17.6 Å². The first-order chi connectivity index (χ1) is 11.7. The second-order valence-electron chi connectivity index (χ2n) is 5.14. The van der Waals surface area contributed by atoms with Crippen LogP contribution in [0.2, 0.25) is 0 Å². The van der Waals surface area contributed by atoms with Crippen molar-refractivity contribution in [2.75, 3.05) is 12.4 Å². The van der Waals surface area contributed by atoms with Crippen LogP contribution in [0.25, 0.3) is 0 Å². The van der Waals surface area contributed by atoms with Crippen molar-refractivity contribution < 1.29 is 22.3 Å². The first-order valence-corrected chi connectivity index (χ1v) is 9.43. The Balaban J connectivity index is 2.17. The molecule has 0 saturated carbocycles. The van der Waals surface area contributed by atoms with E-state index < -0.39 is 27.8 Å². The van der Waals surface area contributed by atoms with Gasteiger partial charge in [-0.3, -0.25) is 4.79 Å². The van der Waals surface area contributed by atoms with Gasteiger partial charge in [0.1, 0.15) is 16.5 Å². The van der Waals surface area contributed by atoms with Crippen LogP contribution in [0.4, 0.5) is 10.1 Å². The van der Waals surface area contributed by atoms with Crippen molar-refractivity contribution >= 4 is 37.5 Å². The van der Waals surface area contributed by atoms with E-state index >= 15 is 0 Å². The van der Waals surface area contributed by atoms with Crippen LogP contribution in [0.5, 0.6) is 5.75 Å². The van der Waals surface area contributed by atoms with Gasteiger partial charge in [-0.25, -0.2) is 12.8 Å². The minimum atomic E-state index is -4.16. The number of hydrogen-bond acceptors (Lipinski definition) is 4. The molecule has 1 atom stereocenters. The highest BCUT2D eigenvalue weighted by Gasteiger charge is 2.25. The summed E-state index contributed by atoms with van der Waals surface area (Å²) in [5, 5.41) is 2.60. The van der Waals surface area contributed by atoms with E-state index in [1.165, 1.54) is 20.1 Å². The zero-order valence-corrected chi connectivity index (χ0v) is 15.8. The number of sulfonamides is 1. The van der Waals surface area contributed by atoms with Crippen LogP contribution in [-0.2, 0) is 14.8 Å². The molecule has 0 radical (unpaired) electrons. The Bertz CT molecular complexity index is 889. The van der Waals surface area contributed by atoms with Crippen molar-refractivity contribution in [3.8, 4) is 5.75 Å². The number of ether oxygens (including phenoxy) is 1. The van der Waals surface area contributed by atoms with Crippen LogP contribution in [0.1, 0.15) is 6.92 Å². The summed E-state index contributed by atoms with van der Waals surface area (Å²) in [4.78, 5) is 11.8. The maximum Gasteiger partial charge on any atom is 0.245 e.